The van der Waals surface area contributed by atoms with Gasteiger partial charge in [0.25, 0.3) is 0 Å². The molecule has 3 heterocycles. The van der Waals surface area contributed by atoms with Crippen LogP contribution in [0.5, 0.6) is 0 Å². The molecule has 0 aliphatic carbocycles. The Bertz CT molecular complexity index is 525. The summed E-state index contributed by atoms with van der Waals surface area (Å²) in [5.41, 5.74) is 2.61. The first-order valence-corrected chi connectivity index (χ1v) is 8.45. The van der Waals surface area contributed by atoms with Gasteiger partial charge in [-0.15, -0.1) is 0 Å². The normalized spacial score (nSPS) is 22.5. The number of piperidine rings is 2. The van der Waals surface area contributed by atoms with E-state index in [1.165, 1.54) is 18.4 Å². The number of aryl methyl sites for hydroxylation is 2. The molecular weight excluding hydrogens is 278 g/mol. The second-order valence-corrected chi connectivity index (χ2v) is 6.99. The molecule has 22 heavy (non-hydrogen) atoms. The molecule has 1 amide bonds. The summed E-state index contributed by atoms with van der Waals surface area (Å²) in [6.45, 7) is 11.1. The lowest BCUT2D eigenvalue weighted by Gasteiger charge is -2.47. The highest BCUT2D eigenvalue weighted by Crippen LogP contribution is 2.40. The zero-order valence-electron chi connectivity index (χ0n) is 14.0. The Labute approximate surface area is 132 Å². The van der Waals surface area contributed by atoms with Crippen molar-refractivity contribution in [1.29, 1.82) is 0 Å². The van der Waals surface area contributed by atoms with Crippen LogP contribution in [0.3, 0.4) is 0 Å². The van der Waals surface area contributed by atoms with Crippen LogP contribution in [0.2, 0.25) is 0 Å². The molecule has 1 aromatic heterocycles. The minimum atomic E-state index is 0.339. The lowest BCUT2D eigenvalue weighted by Crippen LogP contribution is -2.51. The molecule has 2 aliphatic heterocycles. The van der Waals surface area contributed by atoms with Crippen molar-refractivity contribution in [2.24, 2.45) is 5.41 Å². The summed E-state index contributed by atoms with van der Waals surface area (Å²) >= 11 is 0. The van der Waals surface area contributed by atoms with Gasteiger partial charge in [0.1, 0.15) is 5.76 Å². The van der Waals surface area contributed by atoms with Crippen molar-refractivity contribution in [3.8, 4) is 0 Å². The predicted octanol–water partition coefficient (Wildman–Crippen LogP) is 2.52. The van der Waals surface area contributed by atoms with Gasteiger partial charge in [-0.2, -0.15) is 0 Å². The number of nitrogens with zero attached hydrogens (tertiary/aromatic N) is 3. The van der Waals surface area contributed by atoms with Crippen LogP contribution >= 0.6 is 0 Å². The van der Waals surface area contributed by atoms with Gasteiger partial charge >= 0.3 is 0 Å². The molecule has 0 N–H and O–H groups in total. The summed E-state index contributed by atoms with van der Waals surface area (Å²) in [7, 11) is 0. The van der Waals surface area contributed by atoms with Crippen LogP contribution in [0.25, 0.3) is 0 Å². The number of likely N-dealkylation sites (tertiary alicyclic amines) is 2. The number of aromatic nitrogens is 1. The van der Waals surface area contributed by atoms with Crippen LogP contribution in [-0.4, -0.2) is 47.0 Å². The quantitative estimate of drug-likeness (QED) is 0.861. The molecule has 0 atom stereocenters. The van der Waals surface area contributed by atoms with Crippen molar-refractivity contribution in [2.75, 3.05) is 26.2 Å². The predicted molar refractivity (Wildman–Crippen MR) is 84.4 cm³/mol. The second kappa shape index (κ2) is 6.03. The third-order valence-electron chi connectivity index (χ3n) is 5.61. The summed E-state index contributed by atoms with van der Waals surface area (Å²) in [6, 6.07) is 0. The Morgan fingerprint density at radius 3 is 2.55 bits per heavy atom. The molecule has 1 spiro atoms. The standard InChI is InChI=1S/C17H27N3O2/c1-4-20-12-17(6-5-16(20)21)7-9-19(10-8-17)11-15-13(2)18-22-14(15)3/h4-12H2,1-3H3. The Hall–Kier alpha value is -1.36. The lowest BCUT2D eigenvalue weighted by molar-refractivity contribution is -0.138. The molecule has 0 saturated carbocycles. The smallest absolute Gasteiger partial charge is 0.222 e. The Morgan fingerprint density at radius 2 is 1.95 bits per heavy atom. The third kappa shape index (κ3) is 2.91. The molecule has 1 aromatic rings. The van der Waals surface area contributed by atoms with Gasteiger partial charge in [-0.25, -0.2) is 0 Å². The average molecular weight is 305 g/mol. The Morgan fingerprint density at radius 1 is 1.23 bits per heavy atom. The van der Waals surface area contributed by atoms with Crippen molar-refractivity contribution in [1.82, 2.24) is 15.0 Å². The fourth-order valence-electron chi connectivity index (χ4n) is 3.94. The van der Waals surface area contributed by atoms with Crippen molar-refractivity contribution >= 4 is 5.91 Å². The van der Waals surface area contributed by atoms with Crippen molar-refractivity contribution in [2.45, 2.75) is 53.0 Å². The van der Waals surface area contributed by atoms with E-state index in [9.17, 15) is 4.79 Å². The summed E-state index contributed by atoms with van der Waals surface area (Å²) in [4.78, 5) is 16.5. The molecule has 3 rings (SSSR count). The fourth-order valence-corrected chi connectivity index (χ4v) is 3.94. The van der Waals surface area contributed by atoms with Gasteiger partial charge in [0.15, 0.2) is 0 Å². The van der Waals surface area contributed by atoms with E-state index < -0.39 is 0 Å². The van der Waals surface area contributed by atoms with Gasteiger partial charge in [0.2, 0.25) is 5.91 Å². The monoisotopic (exact) mass is 305 g/mol. The molecule has 2 aliphatic rings. The van der Waals surface area contributed by atoms with E-state index in [1.807, 2.05) is 18.7 Å². The number of carbonyl (C=O) groups is 1. The van der Waals surface area contributed by atoms with E-state index >= 15 is 0 Å². The highest BCUT2D eigenvalue weighted by Gasteiger charge is 2.40. The molecule has 0 unspecified atom stereocenters. The highest BCUT2D eigenvalue weighted by atomic mass is 16.5. The largest absolute Gasteiger partial charge is 0.361 e. The van der Waals surface area contributed by atoms with Crippen molar-refractivity contribution in [3.63, 3.8) is 0 Å². The van der Waals surface area contributed by atoms with E-state index in [1.54, 1.807) is 0 Å². The fraction of sp³-hybridized carbons (Fsp3) is 0.765. The van der Waals surface area contributed by atoms with E-state index in [2.05, 4.69) is 17.0 Å². The Kier molecular flexibility index (Phi) is 4.26. The van der Waals surface area contributed by atoms with Gasteiger partial charge in [0.05, 0.1) is 5.69 Å². The van der Waals surface area contributed by atoms with Crippen LogP contribution in [-0.2, 0) is 11.3 Å². The molecule has 5 nitrogen and oxygen atoms in total. The first kappa shape index (κ1) is 15.5. The number of hydrogen-bond donors (Lipinski definition) is 0. The van der Waals surface area contributed by atoms with Crippen molar-refractivity contribution < 1.29 is 9.32 Å². The first-order valence-electron chi connectivity index (χ1n) is 8.45. The van der Waals surface area contributed by atoms with Crippen LogP contribution in [0.4, 0.5) is 0 Å². The molecule has 5 heteroatoms. The molecule has 0 radical (unpaired) electrons. The van der Waals surface area contributed by atoms with E-state index in [0.717, 1.165) is 57.0 Å². The molecule has 0 aromatic carbocycles. The summed E-state index contributed by atoms with van der Waals surface area (Å²) in [6.07, 6.45) is 4.19. The van der Waals surface area contributed by atoms with Gasteiger partial charge < -0.3 is 9.42 Å². The molecule has 122 valence electrons. The maximum Gasteiger partial charge on any atom is 0.222 e. The van der Waals surface area contributed by atoms with Gasteiger partial charge in [-0.05, 0) is 58.5 Å². The lowest BCUT2D eigenvalue weighted by atomic mass is 9.72. The maximum atomic E-state index is 11.9. The zero-order chi connectivity index (χ0) is 15.7. The topological polar surface area (TPSA) is 49.6 Å². The zero-order valence-corrected chi connectivity index (χ0v) is 14.0. The molecule has 0 bridgehead atoms. The SMILES string of the molecule is CCN1CC2(CCC1=O)CCN(Cc1c(C)noc1C)CC2. The minimum Gasteiger partial charge on any atom is -0.361 e. The second-order valence-electron chi connectivity index (χ2n) is 6.99. The van der Waals surface area contributed by atoms with Gasteiger partial charge in [-0.3, -0.25) is 9.69 Å². The summed E-state index contributed by atoms with van der Waals surface area (Å²) in [5.74, 6) is 1.28. The van der Waals surface area contributed by atoms with Crippen LogP contribution in [0, 0.1) is 19.3 Å². The number of carbonyl (C=O) groups excluding carboxylic acids is 1. The third-order valence-corrected chi connectivity index (χ3v) is 5.61. The number of hydrogen-bond acceptors (Lipinski definition) is 4. The van der Waals surface area contributed by atoms with E-state index in [4.69, 9.17) is 4.52 Å². The van der Waals surface area contributed by atoms with Crippen LogP contribution in [0.15, 0.2) is 4.52 Å². The number of amides is 1. The summed E-state index contributed by atoms with van der Waals surface area (Å²) < 4.78 is 5.27. The molecular formula is C17H27N3O2. The van der Waals surface area contributed by atoms with E-state index in [0.29, 0.717) is 11.3 Å². The van der Waals surface area contributed by atoms with Crippen LogP contribution in [0.1, 0.15) is 49.6 Å². The van der Waals surface area contributed by atoms with Gasteiger partial charge in [-0.1, -0.05) is 5.16 Å². The van der Waals surface area contributed by atoms with Crippen LogP contribution < -0.4 is 0 Å². The Balaban J connectivity index is 1.59. The minimum absolute atomic E-state index is 0.339. The average Bonchev–Trinajstić information content (AvgIpc) is 2.84. The summed E-state index contributed by atoms with van der Waals surface area (Å²) in [5, 5.41) is 4.05. The van der Waals surface area contributed by atoms with Gasteiger partial charge in [0, 0.05) is 31.6 Å². The molecule has 2 fully saturated rings. The first-order chi connectivity index (χ1) is 10.5. The van der Waals surface area contributed by atoms with E-state index in [-0.39, 0.29) is 0 Å². The molecule has 2 saturated heterocycles. The maximum absolute atomic E-state index is 11.9. The van der Waals surface area contributed by atoms with Crippen molar-refractivity contribution in [3.05, 3.63) is 17.0 Å². The highest BCUT2D eigenvalue weighted by molar-refractivity contribution is 5.77. The number of rotatable bonds is 3.